The highest BCUT2D eigenvalue weighted by Gasteiger charge is 2.34. The van der Waals surface area contributed by atoms with E-state index < -0.39 is 17.8 Å². The molecule has 2 aromatic rings. The summed E-state index contributed by atoms with van der Waals surface area (Å²) in [5.74, 6) is -0.782. The van der Waals surface area contributed by atoms with Gasteiger partial charge >= 0.3 is 6.18 Å². The molecule has 24 heavy (non-hydrogen) atoms. The molecule has 130 valence electrons. The normalized spacial score (nSPS) is 13.0. The van der Waals surface area contributed by atoms with Crippen molar-refractivity contribution in [2.75, 3.05) is 5.32 Å². The van der Waals surface area contributed by atoms with Gasteiger partial charge in [0.05, 0.1) is 12.5 Å². The lowest BCUT2D eigenvalue weighted by Crippen LogP contribution is -2.25. The number of nitrogens with zero attached hydrogens (tertiary/aromatic N) is 2. The molecule has 1 unspecified atom stereocenters. The third kappa shape index (κ3) is 4.15. The van der Waals surface area contributed by atoms with Gasteiger partial charge in [-0.1, -0.05) is 24.6 Å². The molecule has 0 fully saturated rings. The van der Waals surface area contributed by atoms with Gasteiger partial charge in [0, 0.05) is 11.4 Å². The molecule has 4 nitrogen and oxygen atoms in total. The van der Waals surface area contributed by atoms with Gasteiger partial charge in [0.1, 0.15) is 0 Å². The zero-order chi connectivity index (χ0) is 18.1. The minimum absolute atomic E-state index is 0.0820. The van der Waals surface area contributed by atoms with Crippen molar-refractivity contribution in [3.63, 3.8) is 0 Å². The highest BCUT2D eigenvalue weighted by Crippen LogP contribution is 2.28. The Morgan fingerprint density at radius 3 is 2.46 bits per heavy atom. The Hall–Kier alpha value is -2.31. The van der Waals surface area contributed by atoms with Crippen LogP contribution >= 0.6 is 0 Å². The van der Waals surface area contributed by atoms with E-state index in [0.29, 0.717) is 11.4 Å². The number of nitrogens with one attached hydrogen (secondary N) is 1. The minimum atomic E-state index is -4.49. The summed E-state index contributed by atoms with van der Waals surface area (Å²) in [5.41, 5.74) is 2.15. The van der Waals surface area contributed by atoms with Crippen molar-refractivity contribution in [1.82, 2.24) is 9.78 Å². The lowest BCUT2D eigenvalue weighted by Gasteiger charge is -2.15. The van der Waals surface area contributed by atoms with Gasteiger partial charge in [0.15, 0.2) is 5.69 Å². The van der Waals surface area contributed by atoms with E-state index in [4.69, 9.17) is 0 Å². The van der Waals surface area contributed by atoms with Crippen LogP contribution in [0.1, 0.15) is 29.4 Å². The molecular formula is C17H20F3N3O. The van der Waals surface area contributed by atoms with Crippen LogP contribution in [0.5, 0.6) is 0 Å². The molecule has 0 aliphatic rings. The van der Waals surface area contributed by atoms with E-state index in [2.05, 4.69) is 10.4 Å². The predicted octanol–water partition coefficient (Wildman–Crippen LogP) is 4.10. The fraction of sp³-hybridized carbons (Fsp3) is 0.412. The summed E-state index contributed by atoms with van der Waals surface area (Å²) < 4.78 is 39.3. The third-order valence-electron chi connectivity index (χ3n) is 3.81. The number of anilines is 1. The largest absolute Gasteiger partial charge is 0.435 e. The number of aryl methyl sites for hydroxylation is 3. The summed E-state index contributed by atoms with van der Waals surface area (Å²) in [6.07, 6.45) is -4.49. The van der Waals surface area contributed by atoms with Crippen molar-refractivity contribution in [1.29, 1.82) is 0 Å². The Labute approximate surface area is 138 Å². The number of aromatic nitrogens is 2. The van der Waals surface area contributed by atoms with Gasteiger partial charge in [-0.15, -0.1) is 0 Å². The number of hydrogen-bond acceptors (Lipinski definition) is 2. The van der Waals surface area contributed by atoms with Crippen LogP contribution in [0.15, 0.2) is 24.3 Å². The van der Waals surface area contributed by atoms with Crippen molar-refractivity contribution in [2.45, 2.75) is 40.4 Å². The first-order valence-corrected chi connectivity index (χ1v) is 7.57. The third-order valence-corrected chi connectivity index (χ3v) is 3.81. The average molecular weight is 339 g/mol. The van der Waals surface area contributed by atoms with E-state index in [-0.39, 0.29) is 12.5 Å². The zero-order valence-corrected chi connectivity index (χ0v) is 14.0. The van der Waals surface area contributed by atoms with E-state index in [1.807, 2.05) is 32.0 Å². The summed E-state index contributed by atoms with van der Waals surface area (Å²) in [4.78, 5) is 12.3. The second-order valence-electron chi connectivity index (χ2n) is 6.06. The number of amides is 1. The van der Waals surface area contributed by atoms with Crippen LogP contribution in [0.4, 0.5) is 18.9 Å². The van der Waals surface area contributed by atoms with Crippen LogP contribution in [0.2, 0.25) is 0 Å². The number of halogens is 3. The number of alkyl halides is 3. The van der Waals surface area contributed by atoms with Crippen molar-refractivity contribution >= 4 is 11.6 Å². The number of carbonyl (C=O) groups excluding carboxylic acids is 1. The number of rotatable bonds is 4. The molecule has 0 bridgehead atoms. The number of hydrogen-bond donors (Lipinski definition) is 1. The van der Waals surface area contributed by atoms with Crippen LogP contribution in [0.25, 0.3) is 0 Å². The molecule has 1 atom stereocenters. The number of benzene rings is 1. The lowest BCUT2D eigenvalue weighted by molar-refractivity contribution is -0.141. The zero-order valence-electron chi connectivity index (χ0n) is 14.0. The van der Waals surface area contributed by atoms with Crippen molar-refractivity contribution in [3.05, 3.63) is 46.8 Å². The maximum Gasteiger partial charge on any atom is 0.435 e. The summed E-state index contributed by atoms with van der Waals surface area (Å²) >= 11 is 0. The molecule has 1 amide bonds. The van der Waals surface area contributed by atoms with Gasteiger partial charge in [0.2, 0.25) is 5.91 Å². The molecule has 1 aromatic heterocycles. The highest BCUT2D eigenvalue weighted by atomic mass is 19.4. The minimum Gasteiger partial charge on any atom is -0.326 e. The Bertz CT molecular complexity index is 750. The van der Waals surface area contributed by atoms with E-state index in [0.717, 1.165) is 17.2 Å². The summed E-state index contributed by atoms with van der Waals surface area (Å²) in [7, 11) is 0. The van der Waals surface area contributed by atoms with Crippen LogP contribution in [0, 0.1) is 26.7 Å². The van der Waals surface area contributed by atoms with Crippen LogP contribution < -0.4 is 5.32 Å². The Kier molecular flexibility index (Phi) is 5.01. The molecule has 0 aliphatic heterocycles. The SMILES string of the molecule is Cc1ccc(NC(=O)C(C)Cn2nc(C(F)(F)F)cc2C)c(C)c1. The lowest BCUT2D eigenvalue weighted by atomic mass is 10.1. The topological polar surface area (TPSA) is 46.9 Å². The van der Waals surface area contributed by atoms with Gasteiger partial charge < -0.3 is 5.32 Å². The van der Waals surface area contributed by atoms with Gasteiger partial charge in [-0.3, -0.25) is 9.48 Å². The van der Waals surface area contributed by atoms with Gasteiger partial charge in [-0.25, -0.2) is 0 Å². The Morgan fingerprint density at radius 2 is 1.92 bits per heavy atom. The van der Waals surface area contributed by atoms with Crippen LogP contribution in [0.3, 0.4) is 0 Å². The summed E-state index contributed by atoms with van der Waals surface area (Å²) in [6.45, 7) is 7.13. The van der Waals surface area contributed by atoms with Crippen LogP contribution in [-0.2, 0) is 17.5 Å². The fourth-order valence-electron chi connectivity index (χ4n) is 2.39. The van der Waals surface area contributed by atoms with Crippen molar-refractivity contribution in [3.8, 4) is 0 Å². The first-order valence-electron chi connectivity index (χ1n) is 7.57. The molecule has 0 saturated heterocycles. The number of carbonyl (C=O) groups is 1. The quantitative estimate of drug-likeness (QED) is 0.911. The van der Waals surface area contributed by atoms with Crippen LogP contribution in [-0.4, -0.2) is 15.7 Å². The first kappa shape index (κ1) is 18.0. The first-order chi connectivity index (χ1) is 11.1. The highest BCUT2D eigenvalue weighted by molar-refractivity contribution is 5.93. The Balaban J connectivity index is 2.08. The molecule has 1 aromatic carbocycles. The molecule has 0 aliphatic carbocycles. The average Bonchev–Trinajstić information content (AvgIpc) is 2.83. The van der Waals surface area contributed by atoms with Crippen molar-refractivity contribution in [2.24, 2.45) is 5.92 Å². The van der Waals surface area contributed by atoms with E-state index >= 15 is 0 Å². The Morgan fingerprint density at radius 1 is 1.25 bits per heavy atom. The molecule has 0 saturated carbocycles. The maximum absolute atomic E-state index is 12.7. The van der Waals surface area contributed by atoms with Gasteiger partial charge in [-0.05, 0) is 38.5 Å². The molecule has 1 heterocycles. The molecule has 1 N–H and O–H groups in total. The smallest absolute Gasteiger partial charge is 0.326 e. The molecule has 0 radical (unpaired) electrons. The van der Waals surface area contributed by atoms with Gasteiger partial charge in [-0.2, -0.15) is 18.3 Å². The van der Waals surface area contributed by atoms with E-state index in [1.165, 1.54) is 11.6 Å². The summed E-state index contributed by atoms with van der Waals surface area (Å²) in [5, 5.41) is 6.36. The van der Waals surface area contributed by atoms with E-state index in [1.54, 1.807) is 6.92 Å². The monoisotopic (exact) mass is 339 g/mol. The molecular weight excluding hydrogens is 319 g/mol. The van der Waals surface area contributed by atoms with Crippen molar-refractivity contribution < 1.29 is 18.0 Å². The molecule has 7 heteroatoms. The van der Waals surface area contributed by atoms with Gasteiger partial charge in [0.25, 0.3) is 0 Å². The van der Waals surface area contributed by atoms with E-state index in [9.17, 15) is 18.0 Å². The molecule has 0 spiro atoms. The second-order valence-corrected chi connectivity index (χ2v) is 6.06. The second kappa shape index (κ2) is 6.67. The molecule has 2 rings (SSSR count). The standard InChI is InChI=1S/C17H20F3N3O/c1-10-5-6-14(11(2)7-10)21-16(24)12(3)9-23-13(4)8-15(22-23)17(18,19)20/h5-8,12H,9H2,1-4H3,(H,21,24). The fourth-order valence-corrected chi connectivity index (χ4v) is 2.39. The predicted molar refractivity (Wildman–Crippen MR) is 85.7 cm³/mol. The maximum atomic E-state index is 12.7. The summed E-state index contributed by atoms with van der Waals surface area (Å²) in [6, 6.07) is 6.64.